The largest absolute Gasteiger partial charge is 0.473 e. The van der Waals surface area contributed by atoms with Crippen LogP contribution in [0.2, 0.25) is 0 Å². The van der Waals surface area contributed by atoms with Crippen LogP contribution in [0, 0.1) is 11.3 Å². The fraction of sp³-hybridized carbons (Fsp3) is 0.294. The number of piperidine rings is 1. The van der Waals surface area contributed by atoms with Crippen molar-refractivity contribution in [1.82, 2.24) is 25.3 Å². The highest BCUT2D eigenvalue weighted by atomic mass is 16.5. The van der Waals surface area contributed by atoms with Crippen LogP contribution in [0.3, 0.4) is 0 Å². The summed E-state index contributed by atoms with van der Waals surface area (Å²) in [6.45, 7) is 1.93. The van der Waals surface area contributed by atoms with Crippen LogP contribution in [0.25, 0.3) is 22.3 Å². The summed E-state index contributed by atoms with van der Waals surface area (Å²) in [5.41, 5.74) is 3.61. The van der Waals surface area contributed by atoms with Gasteiger partial charge in [0.25, 0.3) is 0 Å². The molecule has 0 spiro atoms. The van der Waals surface area contributed by atoms with Crippen LogP contribution < -0.4 is 10.1 Å². The lowest BCUT2D eigenvalue weighted by molar-refractivity contribution is 0.156. The van der Waals surface area contributed by atoms with Crippen molar-refractivity contribution in [3.8, 4) is 23.1 Å². The molecule has 0 aliphatic carbocycles. The molecule has 3 aromatic heterocycles. The summed E-state index contributed by atoms with van der Waals surface area (Å²) in [4.78, 5) is 16.2. The van der Waals surface area contributed by atoms with Gasteiger partial charge in [0, 0.05) is 23.5 Å². The van der Waals surface area contributed by atoms with Crippen LogP contribution in [0.4, 0.5) is 0 Å². The fourth-order valence-corrected chi connectivity index (χ4v) is 2.86. The summed E-state index contributed by atoms with van der Waals surface area (Å²) in [6, 6.07) is 5.57. The molecule has 7 nitrogen and oxygen atoms in total. The highest BCUT2D eigenvalue weighted by Crippen LogP contribution is 2.27. The number of hydrogen-bond donors (Lipinski definition) is 2. The molecule has 120 valence electrons. The van der Waals surface area contributed by atoms with E-state index in [1.807, 2.05) is 18.3 Å². The molecule has 1 fully saturated rings. The molecule has 0 atom stereocenters. The number of nitrogens with one attached hydrogen (secondary N) is 2. The van der Waals surface area contributed by atoms with E-state index in [2.05, 4.69) is 25.3 Å². The third kappa shape index (κ3) is 2.79. The number of pyridine rings is 1. The molecule has 4 heterocycles. The van der Waals surface area contributed by atoms with Crippen molar-refractivity contribution in [2.45, 2.75) is 18.9 Å². The highest BCUT2D eigenvalue weighted by molar-refractivity contribution is 5.90. The smallest absolute Gasteiger partial charge is 0.233 e. The molecule has 1 aliphatic rings. The molecule has 1 aliphatic heterocycles. The third-order valence-electron chi connectivity index (χ3n) is 4.12. The van der Waals surface area contributed by atoms with Crippen LogP contribution in [-0.4, -0.2) is 39.1 Å². The molecular weight excluding hydrogens is 304 g/mol. The number of nitrogens with zero attached hydrogens (tertiary/aromatic N) is 4. The standard InChI is InChI=1S/C17H16N6O/c18-7-12-2-1-11(8-20-12)14-9-21-17-16(14)23-15(10-22-17)24-13-3-5-19-6-4-13/h1-2,8-10,13,19H,3-6H2,(H,21,22). The van der Waals surface area contributed by atoms with E-state index >= 15 is 0 Å². The second kappa shape index (κ2) is 6.26. The Labute approximate surface area is 138 Å². The first-order valence-corrected chi connectivity index (χ1v) is 7.91. The number of rotatable bonds is 3. The van der Waals surface area contributed by atoms with E-state index in [1.165, 1.54) is 0 Å². The molecule has 0 unspecified atom stereocenters. The van der Waals surface area contributed by atoms with Gasteiger partial charge in [0.2, 0.25) is 5.88 Å². The minimum Gasteiger partial charge on any atom is -0.473 e. The molecule has 0 amide bonds. The SMILES string of the molecule is N#Cc1ccc(-c2c[nH]c3ncc(OC4CCNCC4)nc23)cn1. The van der Waals surface area contributed by atoms with Crippen LogP contribution in [0.5, 0.6) is 5.88 Å². The average Bonchev–Trinajstić information content (AvgIpc) is 3.06. The van der Waals surface area contributed by atoms with Gasteiger partial charge < -0.3 is 15.0 Å². The Hall–Kier alpha value is -2.98. The summed E-state index contributed by atoms with van der Waals surface area (Å²) in [7, 11) is 0. The van der Waals surface area contributed by atoms with Crippen molar-refractivity contribution in [2.75, 3.05) is 13.1 Å². The molecule has 1 saturated heterocycles. The summed E-state index contributed by atoms with van der Waals surface area (Å²) in [5, 5.41) is 12.2. The van der Waals surface area contributed by atoms with Crippen molar-refractivity contribution < 1.29 is 4.74 Å². The van der Waals surface area contributed by atoms with E-state index in [9.17, 15) is 0 Å². The third-order valence-corrected chi connectivity index (χ3v) is 4.12. The van der Waals surface area contributed by atoms with Crippen LogP contribution in [-0.2, 0) is 0 Å². The van der Waals surface area contributed by atoms with E-state index in [0.29, 0.717) is 17.2 Å². The molecular formula is C17H16N6O. The van der Waals surface area contributed by atoms with E-state index in [0.717, 1.165) is 42.6 Å². The maximum atomic E-state index is 8.86. The molecule has 0 radical (unpaired) electrons. The van der Waals surface area contributed by atoms with Crippen molar-refractivity contribution in [1.29, 1.82) is 5.26 Å². The lowest BCUT2D eigenvalue weighted by Crippen LogP contribution is -2.34. The van der Waals surface area contributed by atoms with E-state index in [1.54, 1.807) is 18.5 Å². The summed E-state index contributed by atoms with van der Waals surface area (Å²) in [5.74, 6) is 0.539. The van der Waals surface area contributed by atoms with Crippen molar-refractivity contribution in [2.24, 2.45) is 0 Å². The molecule has 0 aromatic carbocycles. The number of ether oxygens (including phenoxy) is 1. The Kier molecular flexibility index (Phi) is 3.81. The predicted octanol–water partition coefficient (Wildman–Crippen LogP) is 2.02. The minimum absolute atomic E-state index is 0.178. The number of nitriles is 1. The van der Waals surface area contributed by atoms with Gasteiger partial charge in [-0.05, 0) is 38.1 Å². The Balaban J connectivity index is 1.66. The minimum atomic E-state index is 0.178. The molecule has 0 saturated carbocycles. The maximum Gasteiger partial charge on any atom is 0.233 e. The monoisotopic (exact) mass is 320 g/mol. The second-order valence-electron chi connectivity index (χ2n) is 5.72. The molecule has 24 heavy (non-hydrogen) atoms. The van der Waals surface area contributed by atoms with Gasteiger partial charge in [0.15, 0.2) is 5.65 Å². The highest BCUT2D eigenvalue weighted by Gasteiger charge is 2.16. The van der Waals surface area contributed by atoms with Gasteiger partial charge in [-0.25, -0.2) is 15.0 Å². The van der Waals surface area contributed by atoms with Gasteiger partial charge in [-0.3, -0.25) is 0 Å². The Morgan fingerprint density at radius 3 is 2.79 bits per heavy atom. The Bertz CT molecular complexity index is 890. The summed E-state index contributed by atoms with van der Waals surface area (Å²) < 4.78 is 5.97. The van der Waals surface area contributed by atoms with Crippen molar-refractivity contribution >= 4 is 11.2 Å². The van der Waals surface area contributed by atoms with Gasteiger partial charge in [-0.1, -0.05) is 0 Å². The maximum absolute atomic E-state index is 8.86. The van der Waals surface area contributed by atoms with E-state index in [-0.39, 0.29) is 6.10 Å². The van der Waals surface area contributed by atoms with Gasteiger partial charge in [0.1, 0.15) is 23.4 Å². The van der Waals surface area contributed by atoms with E-state index in [4.69, 9.17) is 10.00 Å². The summed E-state index contributed by atoms with van der Waals surface area (Å²) >= 11 is 0. The number of aromatic amines is 1. The Morgan fingerprint density at radius 2 is 2.04 bits per heavy atom. The molecule has 2 N–H and O–H groups in total. The van der Waals surface area contributed by atoms with Gasteiger partial charge >= 0.3 is 0 Å². The zero-order valence-corrected chi connectivity index (χ0v) is 13.0. The second-order valence-corrected chi connectivity index (χ2v) is 5.72. The molecule has 4 rings (SSSR count). The molecule has 7 heteroatoms. The summed E-state index contributed by atoms with van der Waals surface area (Å²) in [6.07, 6.45) is 7.29. The Morgan fingerprint density at radius 1 is 1.17 bits per heavy atom. The number of fused-ring (bicyclic) bond motifs is 1. The van der Waals surface area contributed by atoms with E-state index < -0.39 is 0 Å². The van der Waals surface area contributed by atoms with Gasteiger partial charge in [-0.2, -0.15) is 5.26 Å². The number of H-pyrrole nitrogens is 1. The van der Waals surface area contributed by atoms with Crippen molar-refractivity contribution in [3.05, 3.63) is 36.4 Å². The first-order chi connectivity index (χ1) is 11.8. The lowest BCUT2D eigenvalue weighted by atomic mass is 10.1. The first kappa shape index (κ1) is 14.6. The van der Waals surface area contributed by atoms with Gasteiger partial charge in [-0.15, -0.1) is 0 Å². The zero-order chi connectivity index (χ0) is 16.4. The van der Waals surface area contributed by atoms with Crippen LogP contribution in [0.15, 0.2) is 30.7 Å². The average molecular weight is 320 g/mol. The number of hydrogen-bond acceptors (Lipinski definition) is 6. The molecule has 3 aromatic rings. The fourth-order valence-electron chi connectivity index (χ4n) is 2.86. The quantitative estimate of drug-likeness (QED) is 0.766. The topological polar surface area (TPSA) is 99.5 Å². The first-order valence-electron chi connectivity index (χ1n) is 7.91. The zero-order valence-electron chi connectivity index (χ0n) is 13.0. The predicted molar refractivity (Wildman–Crippen MR) is 88.4 cm³/mol. The normalized spacial score (nSPS) is 15.3. The van der Waals surface area contributed by atoms with Crippen LogP contribution >= 0.6 is 0 Å². The molecule has 0 bridgehead atoms. The van der Waals surface area contributed by atoms with Crippen LogP contribution in [0.1, 0.15) is 18.5 Å². The van der Waals surface area contributed by atoms with Gasteiger partial charge in [0.05, 0.1) is 6.20 Å². The van der Waals surface area contributed by atoms with Crippen molar-refractivity contribution in [3.63, 3.8) is 0 Å². The number of aromatic nitrogens is 4. The lowest BCUT2D eigenvalue weighted by Gasteiger charge is -2.22.